The maximum absolute atomic E-state index is 12.2. The van der Waals surface area contributed by atoms with Crippen molar-refractivity contribution in [2.45, 2.75) is 219 Å². The summed E-state index contributed by atoms with van der Waals surface area (Å²) in [4.78, 5) is 24.3. The van der Waals surface area contributed by atoms with Crippen LogP contribution in [0.15, 0.2) is 12.4 Å². The van der Waals surface area contributed by atoms with Crippen molar-refractivity contribution in [3.05, 3.63) is 12.4 Å². The summed E-state index contributed by atoms with van der Waals surface area (Å²) in [7, 11) is 0. The molecule has 248 valence electrons. The highest BCUT2D eigenvalue weighted by Crippen LogP contribution is 2.15. The normalized spacial score (nSPS) is 11.1. The lowest BCUT2D eigenvalue weighted by Crippen LogP contribution is -2.34. The molecule has 0 fully saturated rings. The van der Waals surface area contributed by atoms with E-state index in [1.54, 1.807) is 0 Å². The minimum atomic E-state index is -0.0398. The Bertz CT molecular complexity index is 554. The molecule has 0 saturated carbocycles. The highest BCUT2D eigenvalue weighted by molar-refractivity contribution is 5.81. The SMILES string of the molecule is C=C(NC(=O)CCCCCCCCCCCCCCCCC)NC(=O)CCCCCCCCCCCCCCCCC. The van der Waals surface area contributed by atoms with Gasteiger partial charge in [0.25, 0.3) is 0 Å². The molecular formula is C38H74N2O2. The van der Waals surface area contributed by atoms with Crippen LogP contribution in [0.25, 0.3) is 0 Å². The third-order valence-corrected chi connectivity index (χ3v) is 8.60. The van der Waals surface area contributed by atoms with Crippen LogP contribution in [0.1, 0.15) is 219 Å². The molecule has 42 heavy (non-hydrogen) atoms. The zero-order chi connectivity index (χ0) is 30.8. The molecular weight excluding hydrogens is 516 g/mol. The van der Waals surface area contributed by atoms with Crippen LogP contribution < -0.4 is 10.6 Å². The third kappa shape index (κ3) is 33.2. The van der Waals surface area contributed by atoms with E-state index in [4.69, 9.17) is 0 Å². The highest BCUT2D eigenvalue weighted by Gasteiger charge is 2.07. The molecule has 0 aromatic heterocycles. The lowest BCUT2D eigenvalue weighted by molar-refractivity contribution is -0.121. The van der Waals surface area contributed by atoms with Gasteiger partial charge in [-0.1, -0.05) is 200 Å². The zero-order valence-electron chi connectivity index (χ0n) is 28.7. The van der Waals surface area contributed by atoms with E-state index < -0.39 is 0 Å². The van der Waals surface area contributed by atoms with Gasteiger partial charge in [-0.25, -0.2) is 0 Å². The Labute approximate surface area is 263 Å². The smallest absolute Gasteiger partial charge is 0.225 e. The van der Waals surface area contributed by atoms with Gasteiger partial charge in [0.2, 0.25) is 11.8 Å². The van der Waals surface area contributed by atoms with Crippen molar-refractivity contribution >= 4 is 11.8 Å². The minimum Gasteiger partial charge on any atom is -0.313 e. The van der Waals surface area contributed by atoms with Crippen molar-refractivity contribution in [1.82, 2.24) is 10.6 Å². The summed E-state index contributed by atoms with van der Waals surface area (Å²) >= 11 is 0. The van der Waals surface area contributed by atoms with Gasteiger partial charge in [-0.05, 0) is 12.8 Å². The van der Waals surface area contributed by atoms with Crippen LogP contribution in [0.5, 0.6) is 0 Å². The van der Waals surface area contributed by atoms with Gasteiger partial charge in [0.05, 0.1) is 0 Å². The number of hydrogen-bond donors (Lipinski definition) is 2. The topological polar surface area (TPSA) is 58.2 Å². The number of nitrogens with one attached hydrogen (secondary N) is 2. The number of unbranched alkanes of at least 4 members (excludes halogenated alkanes) is 28. The van der Waals surface area contributed by atoms with Gasteiger partial charge in [0.1, 0.15) is 5.82 Å². The van der Waals surface area contributed by atoms with E-state index in [1.165, 1.54) is 167 Å². The Hall–Kier alpha value is -1.32. The molecule has 0 saturated heterocycles. The molecule has 0 aliphatic rings. The molecule has 0 aromatic rings. The van der Waals surface area contributed by atoms with E-state index in [2.05, 4.69) is 31.1 Å². The number of carbonyl (C=O) groups excluding carboxylic acids is 2. The van der Waals surface area contributed by atoms with Gasteiger partial charge in [-0.15, -0.1) is 0 Å². The second-order valence-electron chi connectivity index (χ2n) is 13.0. The molecule has 0 aliphatic carbocycles. The van der Waals surface area contributed by atoms with Gasteiger partial charge in [0, 0.05) is 12.8 Å². The van der Waals surface area contributed by atoms with E-state index >= 15 is 0 Å². The van der Waals surface area contributed by atoms with Crippen LogP contribution in [0, 0.1) is 0 Å². The summed E-state index contributed by atoms with van der Waals surface area (Å²) in [5.41, 5.74) is 0. The van der Waals surface area contributed by atoms with Crippen molar-refractivity contribution in [3.63, 3.8) is 0 Å². The number of rotatable bonds is 34. The average molecular weight is 591 g/mol. The van der Waals surface area contributed by atoms with Crippen LogP contribution in [0.4, 0.5) is 0 Å². The van der Waals surface area contributed by atoms with Crippen LogP contribution >= 0.6 is 0 Å². The number of hydrogen-bond acceptors (Lipinski definition) is 2. The van der Waals surface area contributed by atoms with Crippen molar-refractivity contribution in [2.75, 3.05) is 0 Å². The molecule has 2 amide bonds. The maximum atomic E-state index is 12.2. The van der Waals surface area contributed by atoms with E-state index in [9.17, 15) is 9.59 Å². The molecule has 2 N–H and O–H groups in total. The van der Waals surface area contributed by atoms with Gasteiger partial charge < -0.3 is 10.6 Å². The molecule has 0 radical (unpaired) electrons. The molecule has 0 rings (SSSR count). The van der Waals surface area contributed by atoms with Crippen molar-refractivity contribution in [3.8, 4) is 0 Å². The Morgan fingerprint density at radius 3 is 0.762 bits per heavy atom. The molecule has 0 unspecified atom stereocenters. The van der Waals surface area contributed by atoms with Gasteiger partial charge in [-0.3, -0.25) is 9.59 Å². The predicted octanol–water partition coefficient (Wildman–Crippen LogP) is 12.2. The first kappa shape index (κ1) is 40.7. The van der Waals surface area contributed by atoms with Crippen LogP contribution in [-0.4, -0.2) is 11.8 Å². The van der Waals surface area contributed by atoms with E-state index in [-0.39, 0.29) is 11.8 Å². The summed E-state index contributed by atoms with van der Waals surface area (Å²) in [6.45, 7) is 8.37. The molecule has 0 heterocycles. The third-order valence-electron chi connectivity index (χ3n) is 8.60. The number of carbonyl (C=O) groups is 2. The summed E-state index contributed by atoms with van der Waals surface area (Å²) < 4.78 is 0. The van der Waals surface area contributed by atoms with Crippen LogP contribution in [0.3, 0.4) is 0 Å². The van der Waals surface area contributed by atoms with Crippen molar-refractivity contribution in [1.29, 1.82) is 0 Å². The first-order chi connectivity index (χ1) is 20.6. The molecule has 0 atom stereocenters. The molecule has 4 heteroatoms. The highest BCUT2D eigenvalue weighted by atomic mass is 16.2. The Kier molecular flexibility index (Phi) is 33.1. The quantitative estimate of drug-likeness (QED) is 0.0732. The first-order valence-corrected chi connectivity index (χ1v) is 18.9. The van der Waals surface area contributed by atoms with Gasteiger partial charge in [-0.2, -0.15) is 0 Å². The second kappa shape index (κ2) is 34.2. The Morgan fingerprint density at radius 2 is 0.548 bits per heavy atom. The Balaban J connectivity index is 3.40. The fourth-order valence-corrected chi connectivity index (χ4v) is 5.81. The largest absolute Gasteiger partial charge is 0.313 e. The van der Waals surface area contributed by atoms with Gasteiger partial charge >= 0.3 is 0 Å². The van der Waals surface area contributed by atoms with Gasteiger partial charge in [0.15, 0.2) is 0 Å². The summed E-state index contributed by atoms with van der Waals surface area (Å²) in [6.07, 6.45) is 40.6. The molecule has 0 aliphatic heterocycles. The van der Waals surface area contributed by atoms with E-state index in [0.717, 1.165) is 25.7 Å². The average Bonchev–Trinajstić information content (AvgIpc) is 2.97. The maximum Gasteiger partial charge on any atom is 0.225 e. The van der Waals surface area contributed by atoms with E-state index in [0.29, 0.717) is 18.7 Å². The number of amides is 2. The fourth-order valence-electron chi connectivity index (χ4n) is 5.81. The lowest BCUT2D eigenvalue weighted by Gasteiger charge is -2.10. The summed E-state index contributed by atoms with van der Waals surface area (Å²) in [6, 6.07) is 0. The zero-order valence-corrected chi connectivity index (χ0v) is 28.7. The van der Waals surface area contributed by atoms with Crippen molar-refractivity contribution in [2.24, 2.45) is 0 Å². The minimum absolute atomic E-state index is 0.0398. The second-order valence-corrected chi connectivity index (χ2v) is 13.0. The molecule has 0 bridgehead atoms. The van der Waals surface area contributed by atoms with Crippen LogP contribution in [0.2, 0.25) is 0 Å². The summed E-state index contributed by atoms with van der Waals surface area (Å²) in [5, 5.41) is 5.50. The molecule has 0 aromatic carbocycles. The fraction of sp³-hybridized carbons (Fsp3) is 0.895. The molecule has 4 nitrogen and oxygen atoms in total. The molecule has 0 spiro atoms. The van der Waals surface area contributed by atoms with E-state index in [1.807, 2.05) is 0 Å². The van der Waals surface area contributed by atoms with Crippen molar-refractivity contribution < 1.29 is 9.59 Å². The Morgan fingerprint density at radius 1 is 0.357 bits per heavy atom. The monoisotopic (exact) mass is 591 g/mol. The predicted molar refractivity (Wildman–Crippen MR) is 185 cm³/mol. The first-order valence-electron chi connectivity index (χ1n) is 18.9. The summed E-state index contributed by atoms with van der Waals surface area (Å²) in [5.74, 6) is 0.246. The standard InChI is InChI=1S/C38H74N2O2/c1-4-6-8-10-12-14-16-18-20-22-24-26-28-30-32-34-37(41)39-36(3)40-38(42)35-33-31-29-27-25-23-21-19-17-15-13-11-9-7-5-2/h3-35H2,1-2H3,(H,39,41)(H,40,42). The lowest BCUT2D eigenvalue weighted by atomic mass is 10.0. The van der Waals surface area contributed by atoms with Crippen LogP contribution in [-0.2, 0) is 9.59 Å².